The Morgan fingerprint density at radius 2 is 2.22 bits per heavy atom. The first-order valence-electron chi connectivity index (χ1n) is 6.29. The zero-order valence-corrected chi connectivity index (χ0v) is 11.5. The third-order valence-corrected chi connectivity index (χ3v) is 4.58. The Kier molecular flexibility index (Phi) is 2.75. The fourth-order valence-electron chi connectivity index (χ4n) is 2.62. The molecule has 1 N–H and O–H groups in total. The van der Waals surface area contributed by atoms with Crippen LogP contribution < -0.4 is 4.90 Å². The first kappa shape index (κ1) is 11.9. The molecule has 2 aromatic heterocycles. The minimum absolute atomic E-state index is 0.516. The van der Waals surface area contributed by atoms with Crippen LogP contribution in [-0.4, -0.2) is 33.8 Å². The van der Waals surface area contributed by atoms with Crippen molar-refractivity contribution in [1.82, 2.24) is 9.97 Å². The van der Waals surface area contributed by atoms with Gasteiger partial charge in [-0.05, 0) is 24.3 Å². The number of anilines is 1. The van der Waals surface area contributed by atoms with Crippen molar-refractivity contribution >= 4 is 27.4 Å². The molecule has 1 aliphatic rings. The lowest BCUT2D eigenvalue weighted by Gasteiger charge is -2.47. The number of aryl methyl sites for hydroxylation is 1. The summed E-state index contributed by atoms with van der Waals surface area (Å²) in [5, 5.41) is 12.3. The predicted molar refractivity (Wildman–Crippen MR) is 74.2 cm³/mol. The van der Waals surface area contributed by atoms with Crippen LogP contribution in [0, 0.1) is 6.92 Å². The zero-order valence-electron chi connectivity index (χ0n) is 10.7. The predicted octanol–water partition coefficient (Wildman–Crippen LogP) is 2.35. The van der Waals surface area contributed by atoms with E-state index in [1.165, 1.54) is 5.56 Å². The second-order valence-corrected chi connectivity index (χ2v) is 6.00. The molecule has 0 amide bonds. The molecule has 3 rings (SSSR count). The molecule has 1 saturated heterocycles. The number of aliphatic hydroxyl groups is 1. The van der Waals surface area contributed by atoms with Crippen molar-refractivity contribution in [3.63, 3.8) is 0 Å². The standard InChI is InChI=1S/C13H17N3OS/c1-3-4-13(17)6-16(7-13)12-11-10(14-8-15-12)9(2)5-18-11/h5,8,17H,3-4,6-7H2,1-2H3. The molecule has 1 fully saturated rings. The Balaban J connectivity index is 1.89. The van der Waals surface area contributed by atoms with Crippen molar-refractivity contribution in [3.8, 4) is 0 Å². The maximum absolute atomic E-state index is 10.2. The van der Waals surface area contributed by atoms with Gasteiger partial charge in [0.25, 0.3) is 0 Å². The van der Waals surface area contributed by atoms with Crippen LogP contribution >= 0.6 is 11.3 Å². The summed E-state index contributed by atoms with van der Waals surface area (Å²) < 4.78 is 1.13. The van der Waals surface area contributed by atoms with E-state index >= 15 is 0 Å². The second-order valence-electron chi connectivity index (χ2n) is 5.12. The molecule has 96 valence electrons. The average Bonchev–Trinajstić information content (AvgIpc) is 2.69. The van der Waals surface area contributed by atoms with Gasteiger partial charge in [-0.3, -0.25) is 0 Å². The molecule has 0 atom stereocenters. The van der Waals surface area contributed by atoms with E-state index in [1.807, 2.05) is 0 Å². The molecular weight excluding hydrogens is 246 g/mol. The van der Waals surface area contributed by atoms with Crippen molar-refractivity contribution in [2.45, 2.75) is 32.3 Å². The first-order chi connectivity index (χ1) is 8.63. The fourth-order valence-corrected chi connectivity index (χ4v) is 3.64. The van der Waals surface area contributed by atoms with Gasteiger partial charge < -0.3 is 10.0 Å². The van der Waals surface area contributed by atoms with Crippen LogP contribution in [0.25, 0.3) is 10.2 Å². The summed E-state index contributed by atoms with van der Waals surface area (Å²) >= 11 is 1.68. The van der Waals surface area contributed by atoms with Crippen molar-refractivity contribution in [1.29, 1.82) is 0 Å². The summed E-state index contributed by atoms with van der Waals surface area (Å²) in [6.45, 7) is 5.54. The van der Waals surface area contributed by atoms with Crippen LogP contribution in [0.4, 0.5) is 5.82 Å². The van der Waals surface area contributed by atoms with Crippen molar-refractivity contribution in [2.75, 3.05) is 18.0 Å². The smallest absolute Gasteiger partial charge is 0.150 e. The summed E-state index contributed by atoms with van der Waals surface area (Å²) in [5.41, 5.74) is 1.72. The van der Waals surface area contributed by atoms with Gasteiger partial charge in [0.15, 0.2) is 0 Å². The number of hydrogen-bond donors (Lipinski definition) is 1. The van der Waals surface area contributed by atoms with Crippen LogP contribution in [0.5, 0.6) is 0 Å². The maximum Gasteiger partial charge on any atom is 0.150 e. The number of aromatic nitrogens is 2. The minimum atomic E-state index is -0.516. The Bertz CT molecular complexity index is 575. The molecule has 3 heterocycles. The number of fused-ring (bicyclic) bond motifs is 1. The monoisotopic (exact) mass is 263 g/mol. The summed E-state index contributed by atoms with van der Waals surface area (Å²) in [4.78, 5) is 10.9. The van der Waals surface area contributed by atoms with Crippen LogP contribution in [0.1, 0.15) is 25.3 Å². The molecule has 0 saturated carbocycles. The third-order valence-electron chi connectivity index (χ3n) is 3.50. The lowest BCUT2D eigenvalue weighted by molar-refractivity contribution is 0.00312. The molecule has 0 aliphatic carbocycles. The minimum Gasteiger partial charge on any atom is -0.386 e. The van der Waals surface area contributed by atoms with Gasteiger partial charge in [0.1, 0.15) is 12.1 Å². The number of β-amino-alcohol motifs (C(OH)–C–C–N with tert-alkyl or cyclic N) is 1. The fraction of sp³-hybridized carbons (Fsp3) is 0.538. The van der Waals surface area contributed by atoms with Crippen molar-refractivity contribution in [2.24, 2.45) is 0 Å². The lowest BCUT2D eigenvalue weighted by Crippen LogP contribution is -2.62. The van der Waals surface area contributed by atoms with Gasteiger partial charge in [-0.1, -0.05) is 13.3 Å². The summed E-state index contributed by atoms with van der Waals surface area (Å²) in [7, 11) is 0. The van der Waals surface area contributed by atoms with E-state index in [2.05, 4.69) is 34.1 Å². The molecule has 1 aliphatic heterocycles. The number of nitrogens with zero attached hydrogens (tertiary/aromatic N) is 3. The summed E-state index contributed by atoms with van der Waals surface area (Å²) in [5.74, 6) is 0.971. The number of hydrogen-bond acceptors (Lipinski definition) is 5. The Morgan fingerprint density at radius 3 is 2.94 bits per heavy atom. The van der Waals surface area contributed by atoms with Gasteiger partial charge >= 0.3 is 0 Å². The van der Waals surface area contributed by atoms with Crippen molar-refractivity contribution < 1.29 is 5.11 Å². The second kappa shape index (κ2) is 4.17. The molecular formula is C13H17N3OS. The highest BCUT2D eigenvalue weighted by molar-refractivity contribution is 7.18. The molecule has 0 bridgehead atoms. The zero-order chi connectivity index (χ0) is 12.8. The topological polar surface area (TPSA) is 49.2 Å². The molecule has 18 heavy (non-hydrogen) atoms. The van der Waals surface area contributed by atoms with Crippen LogP contribution in [-0.2, 0) is 0 Å². The van der Waals surface area contributed by atoms with E-state index in [1.54, 1.807) is 17.7 Å². The SMILES string of the molecule is CCCC1(O)CN(c2ncnc3c(C)csc23)C1. The van der Waals surface area contributed by atoms with Crippen molar-refractivity contribution in [3.05, 3.63) is 17.3 Å². The molecule has 0 aromatic carbocycles. The normalized spacial score (nSPS) is 18.1. The molecule has 0 spiro atoms. The summed E-state index contributed by atoms with van der Waals surface area (Å²) in [6.07, 6.45) is 3.50. The maximum atomic E-state index is 10.2. The molecule has 2 aromatic rings. The van der Waals surface area contributed by atoms with Gasteiger partial charge in [0.05, 0.1) is 28.9 Å². The molecule has 0 radical (unpaired) electrons. The largest absolute Gasteiger partial charge is 0.386 e. The summed E-state index contributed by atoms with van der Waals surface area (Å²) in [6, 6.07) is 0. The Labute approximate surface area is 110 Å². The highest BCUT2D eigenvalue weighted by Gasteiger charge is 2.41. The van der Waals surface area contributed by atoms with Gasteiger partial charge in [0, 0.05) is 0 Å². The molecule has 0 unspecified atom stereocenters. The van der Waals surface area contributed by atoms with Crippen LogP contribution in [0.3, 0.4) is 0 Å². The van der Waals surface area contributed by atoms with Gasteiger partial charge in [-0.15, -0.1) is 11.3 Å². The van der Waals surface area contributed by atoms with Gasteiger partial charge in [0.2, 0.25) is 0 Å². The number of thiophene rings is 1. The lowest BCUT2D eigenvalue weighted by atomic mass is 9.89. The van der Waals surface area contributed by atoms with E-state index in [9.17, 15) is 5.11 Å². The van der Waals surface area contributed by atoms with E-state index in [0.29, 0.717) is 13.1 Å². The highest BCUT2D eigenvalue weighted by atomic mass is 32.1. The molecule has 4 nitrogen and oxygen atoms in total. The van der Waals surface area contributed by atoms with E-state index < -0.39 is 5.60 Å². The third kappa shape index (κ3) is 1.78. The van der Waals surface area contributed by atoms with Gasteiger partial charge in [-0.25, -0.2) is 9.97 Å². The number of rotatable bonds is 3. The van der Waals surface area contributed by atoms with E-state index in [-0.39, 0.29) is 0 Å². The van der Waals surface area contributed by atoms with E-state index in [0.717, 1.165) is 28.9 Å². The van der Waals surface area contributed by atoms with Crippen LogP contribution in [0.15, 0.2) is 11.7 Å². The van der Waals surface area contributed by atoms with Crippen LogP contribution in [0.2, 0.25) is 0 Å². The Morgan fingerprint density at radius 1 is 1.44 bits per heavy atom. The average molecular weight is 263 g/mol. The van der Waals surface area contributed by atoms with Gasteiger partial charge in [-0.2, -0.15) is 0 Å². The Hall–Kier alpha value is -1.20. The first-order valence-corrected chi connectivity index (χ1v) is 7.17. The van der Waals surface area contributed by atoms with E-state index in [4.69, 9.17) is 0 Å². The quantitative estimate of drug-likeness (QED) is 0.923. The highest BCUT2D eigenvalue weighted by Crippen LogP contribution is 2.36. The molecule has 5 heteroatoms.